The van der Waals surface area contributed by atoms with E-state index < -0.39 is 8.07 Å². The predicted octanol–water partition coefficient (Wildman–Crippen LogP) is 13.7. The van der Waals surface area contributed by atoms with Crippen LogP contribution in [-0.2, 0) is 10.8 Å². The van der Waals surface area contributed by atoms with Gasteiger partial charge in [0.25, 0.3) is 6.71 Å². The minimum atomic E-state index is -2.82. The van der Waals surface area contributed by atoms with E-state index in [9.17, 15) is 0 Å². The monoisotopic (exact) mass is 968 g/mol. The third-order valence-electron chi connectivity index (χ3n) is 16.5. The van der Waals surface area contributed by atoms with Gasteiger partial charge >= 0.3 is 0 Å². The summed E-state index contributed by atoms with van der Waals surface area (Å²) in [5, 5.41) is 5.68. The Bertz CT molecular complexity index is 3790. The molecule has 0 atom stereocenters. The molecular formula is C70H61BN2Si. The summed E-state index contributed by atoms with van der Waals surface area (Å²) >= 11 is 0. The number of nitrogens with zero attached hydrogens (tertiary/aromatic N) is 2. The van der Waals surface area contributed by atoms with Crippen LogP contribution in [0.15, 0.2) is 224 Å². The normalized spacial score (nSPS) is 14.0. The van der Waals surface area contributed by atoms with Crippen LogP contribution in [0.5, 0.6) is 0 Å². The van der Waals surface area contributed by atoms with Gasteiger partial charge in [-0.2, -0.15) is 0 Å². The van der Waals surface area contributed by atoms with Gasteiger partial charge < -0.3 is 9.80 Å². The van der Waals surface area contributed by atoms with E-state index in [-0.39, 0.29) is 17.5 Å². The van der Waals surface area contributed by atoms with E-state index in [0.717, 1.165) is 0 Å². The lowest BCUT2D eigenvalue weighted by Gasteiger charge is -2.45. The summed E-state index contributed by atoms with van der Waals surface area (Å²) in [6, 6.07) is 86.3. The van der Waals surface area contributed by atoms with Gasteiger partial charge in [-0.05, 0) is 160 Å². The van der Waals surface area contributed by atoms with Crippen LogP contribution in [0.2, 0.25) is 0 Å². The summed E-state index contributed by atoms with van der Waals surface area (Å²) in [6.07, 6.45) is 0. The van der Waals surface area contributed by atoms with Crippen LogP contribution in [0.25, 0.3) is 33.4 Å². The van der Waals surface area contributed by atoms with Crippen LogP contribution >= 0.6 is 0 Å². The molecule has 74 heavy (non-hydrogen) atoms. The maximum absolute atomic E-state index is 2.82. The molecule has 0 aliphatic carbocycles. The Morgan fingerprint density at radius 3 is 1.57 bits per heavy atom. The summed E-state index contributed by atoms with van der Waals surface area (Å²) in [7, 11) is -2.82. The highest BCUT2D eigenvalue weighted by molar-refractivity contribution is 7.22. The Labute approximate surface area is 439 Å². The Morgan fingerprint density at radius 2 is 0.905 bits per heavy atom. The average molecular weight is 969 g/mol. The molecular weight excluding hydrogens is 908 g/mol. The fraction of sp³-hybridized carbons (Fsp3) is 0.143. The molecule has 358 valence electrons. The van der Waals surface area contributed by atoms with E-state index in [1.54, 1.807) is 0 Å². The van der Waals surface area contributed by atoms with Crippen molar-refractivity contribution in [3.63, 3.8) is 0 Å². The van der Waals surface area contributed by atoms with Crippen LogP contribution < -0.4 is 46.9 Å². The van der Waals surface area contributed by atoms with E-state index in [1.807, 2.05) is 0 Å². The van der Waals surface area contributed by atoms with Gasteiger partial charge in [-0.3, -0.25) is 0 Å². The van der Waals surface area contributed by atoms with Crippen LogP contribution in [0, 0.1) is 13.8 Å². The van der Waals surface area contributed by atoms with Crippen molar-refractivity contribution < 1.29 is 0 Å². The lowest BCUT2D eigenvalue weighted by molar-refractivity contribution is 0.590. The van der Waals surface area contributed by atoms with E-state index in [4.69, 9.17) is 0 Å². The lowest BCUT2D eigenvalue weighted by atomic mass is 9.33. The minimum absolute atomic E-state index is 0.0252. The molecule has 0 spiro atoms. The van der Waals surface area contributed by atoms with Crippen molar-refractivity contribution in [2.75, 3.05) is 9.80 Å². The van der Waals surface area contributed by atoms with Gasteiger partial charge in [0.2, 0.25) is 0 Å². The number of aryl methyl sites for hydroxylation is 2. The van der Waals surface area contributed by atoms with Gasteiger partial charge in [-0.15, -0.1) is 0 Å². The first-order valence-electron chi connectivity index (χ1n) is 26.5. The number of rotatable bonds is 6. The van der Waals surface area contributed by atoms with Crippen molar-refractivity contribution in [1.29, 1.82) is 0 Å². The van der Waals surface area contributed by atoms with E-state index in [0.29, 0.717) is 0 Å². The summed E-state index contributed by atoms with van der Waals surface area (Å²) in [5.74, 6) is 0. The molecule has 10 aromatic rings. The third-order valence-corrected chi connectivity index (χ3v) is 21.4. The van der Waals surface area contributed by atoms with Crippen molar-refractivity contribution in [2.24, 2.45) is 0 Å². The second kappa shape index (κ2) is 17.1. The SMILES string of the molecule is Cc1cccc(C)c1-c1cc2c3c(c1)N(c1ccc(C(C)(C)C)cc1-c1ccccc1)c1ccc(C(C)(C)C)cc1B3c1ccccc1N2c1ccc2c(c1)[Si](c1ccccc1)(c1ccccc1)c1ccccc1-2. The zero-order valence-electron chi connectivity index (χ0n) is 43.8. The Balaban J connectivity index is 1.15. The van der Waals surface area contributed by atoms with Gasteiger partial charge in [-0.1, -0.05) is 217 Å². The van der Waals surface area contributed by atoms with Gasteiger partial charge in [0.1, 0.15) is 0 Å². The molecule has 0 saturated heterocycles. The van der Waals surface area contributed by atoms with Crippen LogP contribution in [0.4, 0.5) is 34.1 Å². The quantitative estimate of drug-likeness (QED) is 0.153. The second-order valence-corrected chi connectivity index (χ2v) is 26.7. The fourth-order valence-corrected chi connectivity index (χ4v) is 18.2. The topological polar surface area (TPSA) is 6.48 Å². The molecule has 0 fully saturated rings. The van der Waals surface area contributed by atoms with Crippen LogP contribution in [0.1, 0.15) is 63.8 Å². The lowest BCUT2D eigenvalue weighted by Crippen LogP contribution is -2.72. The molecule has 3 aliphatic heterocycles. The minimum Gasteiger partial charge on any atom is -0.311 e. The Hall–Kier alpha value is -7.92. The zero-order valence-corrected chi connectivity index (χ0v) is 44.8. The van der Waals surface area contributed by atoms with E-state index in [1.165, 1.54) is 127 Å². The molecule has 0 N–H and O–H groups in total. The molecule has 0 saturated carbocycles. The predicted molar refractivity (Wildman–Crippen MR) is 321 cm³/mol. The first-order chi connectivity index (χ1) is 35.8. The van der Waals surface area contributed by atoms with Crippen molar-refractivity contribution in [2.45, 2.75) is 66.2 Å². The highest BCUT2D eigenvalue weighted by Crippen LogP contribution is 2.50. The fourth-order valence-electron chi connectivity index (χ4n) is 13.0. The van der Waals surface area contributed by atoms with Crippen LogP contribution in [0.3, 0.4) is 0 Å². The molecule has 3 heterocycles. The van der Waals surface area contributed by atoms with E-state index in [2.05, 4.69) is 290 Å². The Kier molecular flexibility index (Phi) is 10.6. The van der Waals surface area contributed by atoms with Crippen molar-refractivity contribution in [3.05, 3.63) is 247 Å². The highest BCUT2D eigenvalue weighted by atomic mass is 28.3. The molecule has 0 radical (unpaired) electrons. The molecule has 0 unspecified atom stereocenters. The van der Waals surface area contributed by atoms with E-state index >= 15 is 0 Å². The average Bonchev–Trinajstić information content (AvgIpc) is 3.74. The van der Waals surface area contributed by atoms with Gasteiger partial charge in [-0.25, -0.2) is 0 Å². The maximum Gasteiger partial charge on any atom is 0.252 e. The first-order valence-corrected chi connectivity index (χ1v) is 28.5. The summed E-state index contributed by atoms with van der Waals surface area (Å²) in [5.41, 5.74) is 23.9. The number of benzene rings is 10. The number of hydrogen-bond donors (Lipinski definition) is 0. The Morgan fingerprint density at radius 1 is 0.365 bits per heavy atom. The number of fused-ring (bicyclic) bond motifs is 7. The third kappa shape index (κ3) is 6.98. The highest BCUT2D eigenvalue weighted by Gasteiger charge is 2.50. The molecule has 13 rings (SSSR count). The standard InChI is InChI=1S/C70H61BN2Si/c1-46-23-22-24-47(2)67(46)49-41-63-68-64(42-49)73(60-39-35-50(69(3,4)5)43-57(60)48-25-12-9-13-26-48)62-40-36-51(70(6,7)8)44-59(62)71(68)58-32-19-20-33-61(58)72(63)52-37-38-56-55-31-18-21-34-65(55)74(66(56)45-52,53-27-14-10-15-28-53)54-29-16-11-17-30-54/h9-45H,1-8H3. The molecule has 3 aliphatic rings. The zero-order chi connectivity index (χ0) is 50.7. The van der Waals surface area contributed by atoms with Crippen molar-refractivity contribution in [3.8, 4) is 33.4 Å². The maximum atomic E-state index is 2.64. The smallest absolute Gasteiger partial charge is 0.252 e. The largest absolute Gasteiger partial charge is 0.311 e. The summed E-state index contributed by atoms with van der Waals surface area (Å²) in [6.45, 7) is 18.5. The number of hydrogen-bond acceptors (Lipinski definition) is 2. The molecule has 4 heteroatoms. The molecule has 0 aromatic heterocycles. The molecule has 2 nitrogen and oxygen atoms in total. The van der Waals surface area contributed by atoms with Gasteiger partial charge in [0.05, 0.1) is 5.69 Å². The molecule has 10 aromatic carbocycles. The first kappa shape index (κ1) is 45.9. The number of para-hydroxylation sites is 1. The van der Waals surface area contributed by atoms with Gasteiger partial charge in [0.15, 0.2) is 8.07 Å². The van der Waals surface area contributed by atoms with Crippen molar-refractivity contribution in [1.82, 2.24) is 0 Å². The van der Waals surface area contributed by atoms with Gasteiger partial charge in [0, 0.05) is 34.0 Å². The summed E-state index contributed by atoms with van der Waals surface area (Å²) in [4.78, 5) is 5.27. The summed E-state index contributed by atoms with van der Waals surface area (Å²) < 4.78 is 0. The second-order valence-electron chi connectivity index (χ2n) is 23.0. The molecule has 0 bridgehead atoms. The van der Waals surface area contributed by atoms with Crippen molar-refractivity contribution >= 4 is 86.0 Å². The molecule has 0 amide bonds. The number of anilines is 6. The van der Waals surface area contributed by atoms with Crippen LogP contribution in [-0.4, -0.2) is 14.8 Å².